The molecule has 278 valence electrons. The summed E-state index contributed by atoms with van der Waals surface area (Å²) in [4.78, 5) is 31.4. The number of benzene rings is 4. The van der Waals surface area contributed by atoms with Gasteiger partial charge in [0.1, 0.15) is 42.9 Å². The Bertz CT molecular complexity index is 1960. The summed E-state index contributed by atoms with van der Waals surface area (Å²) in [7, 11) is 0. The number of carbonyl (C=O) groups is 2. The maximum Gasteiger partial charge on any atom is 0.320 e. The molecule has 0 unspecified atom stereocenters. The number of hydrogen-bond donors (Lipinski definition) is 2. The number of nitrogens with zero attached hydrogens (tertiary/aromatic N) is 4. The van der Waals surface area contributed by atoms with E-state index in [1.165, 1.54) is 0 Å². The predicted octanol–water partition coefficient (Wildman–Crippen LogP) is 9.34. The van der Waals surface area contributed by atoms with E-state index in [0.717, 1.165) is 58.8 Å². The molecule has 0 aliphatic carbocycles. The number of ether oxygens (including phenoxy) is 2. The SMILES string of the molecule is [C-]#[N+]c1c(COc2ccc(CN3CCCC[C@H]3C(=O)O)cc2Br)cccc1-c1cccc(COc2ccc(CN3CCCC[C@H]3C(=O)O)cc2Br)c1C#N. The highest BCUT2D eigenvalue weighted by Gasteiger charge is 2.29. The quantitative estimate of drug-likeness (QED) is 0.127. The van der Waals surface area contributed by atoms with Gasteiger partial charge in [0, 0.05) is 18.7 Å². The van der Waals surface area contributed by atoms with Crippen molar-refractivity contribution < 1.29 is 29.3 Å². The number of nitriles is 1. The summed E-state index contributed by atoms with van der Waals surface area (Å²) in [6, 6.07) is 23.9. The first kappa shape index (κ1) is 39.0. The number of piperidine rings is 2. The lowest BCUT2D eigenvalue weighted by molar-refractivity contribution is -0.145. The fourth-order valence-corrected chi connectivity index (χ4v) is 8.43. The van der Waals surface area contributed by atoms with Gasteiger partial charge in [-0.05, 0) is 123 Å². The second-order valence-corrected chi connectivity index (χ2v) is 15.3. The molecule has 4 aromatic rings. The molecule has 10 nitrogen and oxygen atoms in total. The normalized spacial score (nSPS) is 17.6. The van der Waals surface area contributed by atoms with Crippen LogP contribution < -0.4 is 9.47 Å². The van der Waals surface area contributed by atoms with Crippen molar-refractivity contribution in [2.45, 2.75) is 76.9 Å². The standard InChI is InChI=1S/C42H40Br2N4O6/c1-46-40-30(26-54-39-17-15-28(21-35(39)44)24-48-19-5-3-13-37(48)42(51)52)9-7-11-32(40)31-10-6-8-29(33(31)22-45)25-53-38-16-14-27(20-34(38)43)23-47-18-4-2-12-36(47)41(49)50/h6-11,14-17,20-21,36-37H,2-5,12-13,18-19,23-26H2,(H,49,50)(H,51,52)/t36-,37-/m0/s1. The van der Waals surface area contributed by atoms with E-state index in [-0.39, 0.29) is 13.2 Å². The van der Waals surface area contributed by atoms with E-state index < -0.39 is 24.0 Å². The predicted molar refractivity (Wildman–Crippen MR) is 211 cm³/mol. The summed E-state index contributed by atoms with van der Waals surface area (Å²) in [5.74, 6) is -0.379. The molecule has 4 aromatic carbocycles. The van der Waals surface area contributed by atoms with Crippen LogP contribution in [0.4, 0.5) is 5.69 Å². The van der Waals surface area contributed by atoms with Crippen molar-refractivity contribution in [2.75, 3.05) is 13.1 Å². The third kappa shape index (κ3) is 9.14. The van der Waals surface area contributed by atoms with Crippen LogP contribution in [0.5, 0.6) is 11.5 Å². The van der Waals surface area contributed by atoms with E-state index in [0.29, 0.717) is 70.9 Å². The molecular weight excluding hydrogens is 816 g/mol. The molecule has 6 rings (SSSR count). The Balaban J connectivity index is 1.14. The number of carboxylic acid groups (broad SMARTS) is 2. The van der Waals surface area contributed by atoms with Crippen molar-refractivity contribution in [3.8, 4) is 28.7 Å². The molecular formula is C42H40Br2N4O6. The van der Waals surface area contributed by atoms with Crippen LogP contribution in [0.25, 0.3) is 16.0 Å². The Morgan fingerprint density at radius 1 is 0.759 bits per heavy atom. The fourth-order valence-electron chi connectivity index (χ4n) is 7.35. The smallest absolute Gasteiger partial charge is 0.320 e. The van der Waals surface area contributed by atoms with Crippen LogP contribution in [0, 0.1) is 17.9 Å². The Labute approximate surface area is 332 Å². The molecule has 2 fully saturated rings. The van der Waals surface area contributed by atoms with E-state index >= 15 is 0 Å². The molecule has 0 aromatic heterocycles. The third-order valence-electron chi connectivity index (χ3n) is 10.1. The van der Waals surface area contributed by atoms with Crippen LogP contribution in [0.2, 0.25) is 0 Å². The number of para-hydroxylation sites is 1. The van der Waals surface area contributed by atoms with E-state index in [4.69, 9.17) is 16.0 Å². The van der Waals surface area contributed by atoms with E-state index in [9.17, 15) is 25.1 Å². The lowest BCUT2D eigenvalue weighted by Gasteiger charge is -2.32. The second-order valence-electron chi connectivity index (χ2n) is 13.6. The summed E-state index contributed by atoms with van der Waals surface area (Å²) < 4.78 is 13.8. The third-order valence-corrected chi connectivity index (χ3v) is 11.4. The fraction of sp³-hybridized carbons (Fsp3) is 0.333. The first-order valence-corrected chi connectivity index (χ1v) is 19.5. The number of halogens is 2. The number of likely N-dealkylation sites (tertiary alicyclic amines) is 2. The monoisotopic (exact) mass is 854 g/mol. The molecule has 0 radical (unpaired) electrons. The van der Waals surface area contributed by atoms with Gasteiger partial charge in [0.15, 0.2) is 0 Å². The van der Waals surface area contributed by atoms with Gasteiger partial charge < -0.3 is 19.7 Å². The Kier molecular flexibility index (Phi) is 13.0. The molecule has 2 N–H and O–H groups in total. The average Bonchev–Trinajstić information content (AvgIpc) is 3.17. The van der Waals surface area contributed by atoms with Gasteiger partial charge in [-0.15, -0.1) is 0 Å². The van der Waals surface area contributed by atoms with Gasteiger partial charge in [0.25, 0.3) is 0 Å². The highest BCUT2D eigenvalue weighted by Crippen LogP contribution is 2.38. The number of hydrogen-bond acceptors (Lipinski definition) is 7. The Hall–Kier alpha value is -4.72. The minimum absolute atomic E-state index is 0.122. The molecule has 2 heterocycles. The van der Waals surface area contributed by atoms with Crippen molar-refractivity contribution in [1.82, 2.24) is 9.80 Å². The van der Waals surface area contributed by atoms with Crippen LogP contribution in [0.1, 0.15) is 66.3 Å². The number of carboxylic acids is 2. The van der Waals surface area contributed by atoms with Gasteiger partial charge in [-0.3, -0.25) is 19.4 Å². The number of rotatable bonds is 13. The molecule has 0 amide bonds. The van der Waals surface area contributed by atoms with Crippen LogP contribution in [0.3, 0.4) is 0 Å². The first-order chi connectivity index (χ1) is 26.2. The van der Waals surface area contributed by atoms with Crippen LogP contribution in [-0.4, -0.2) is 57.1 Å². The summed E-state index contributed by atoms with van der Waals surface area (Å²) >= 11 is 7.23. The Morgan fingerprint density at radius 3 is 1.74 bits per heavy atom. The molecule has 0 saturated carbocycles. The van der Waals surface area contributed by atoms with Crippen molar-refractivity contribution in [1.29, 1.82) is 5.26 Å². The minimum Gasteiger partial charge on any atom is -0.489 e. The summed E-state index contributed by atoms with van der Waals surface area (Å²) in [5.41, 5.74) is 5.35. The highest BCUT2D eigenvalue weighted by molar-refractivity contribution is 9.11. The van der Waals surface area contributed by atoms with Crippen LogP contribution >= 0.6 is 31.9 Å². The number of aliphatic carboxylic acids is 2. The van der Waals surface area contributed by atoms with Gasteiger partial charge in [0.2, 0.25) is 5.69 Å². The zero-order valence-electron chi connectivity index (χ0n) is 29.6. The lowest BCUT2D eigenvalue weighted by atomic mass is 9.93. The van der Waals surface area contributed by atoms with E-state index in [1.807, 2.05) is 82.6 Å². The molecule has 12 heteroatoms. The van der Waals surface area contributed by atoms with Crippen molar-refractivity contribution in [3.63, 3.8) is 0 Å². The maximum absolute atomic E-state index is 11.8. The maximum atomic E-state index is 11.8. The molecule has 54 heavy (non-hydrogen) atoms. The summed E-state index contributed by atoms with van der Waals surface area (Å²) in [6.45, 7) is 10.9. The van der Waals surface area contributed by atoms with Gasteiger partial charge in [0.05, 0.1) is 21.1 Å². The Morgan fingerprint density at radius 2 is 1.26 bits per heavy atom. The van der Waals surface area contributed by atoms with Crippen molar-refractivity contribution in [2.24, 2.45) is 0 Å². The van der Waals surface area contributed by atoms with E-state index in [1.54, 1.807) is 0 Å². The lowest BCUT2D eigenvalue weighted by Crippen LogP contribution is -2.43. The second kappa shape index (κ2) is 18.1. The molecule has 2 aliphatic rings. The topological polar surface area (TPSA) is 128 Å². The van der Waals surface area contributed by atoms with E-state index in [2.05, 4.69) is 42.8 Å². The average molecular weight is 857 g/mol. The largest absolute Gasteiger partial charge is 0.489 e. The van der Waals surface area contributed by atoms with Crippen molar-refractivity contribution >= 4 is 49.5 Å². The van der Waals surface area contributed by atoms with Crippen molar-refractivity contribution in [3.05, 3.63) is 121 Å². The molecule has 0 bridgehead atoms. The van der Waals surface area contributed by atoms with Gasteiger partial charge in [-0.25, -0.2) is 4.85 Å². The van der Waals surface area contributed by atoms with Crippen LogP contribution in [-0.2, 0) is 35.9 Å². The zero-order valence-corrected chi connectivity index (χ0v) is 32.8. The highest BCUT2D eigenvalue weighted by atomic mass is 79.9. The summed E-state index contributed by atoms with van der Waals surface area (Å²) in [6.07, 6.45) is 5.10. The molecule has 2 aliphatic heterocycles. The summed E-state index contributed by atoms with van der Waals surface area (Å²) in [5, 5.41) is 29.7. The first-order valence-electron chi connectivity index (χ1n) is 17.9. The minimum atomic E-state index is -0.786. The van der Waals surface area contributed by atoms with Gasteiger partial charge in [-0.2, -0.15) is 5.26 Å². The zero-order chi connectivity index (χ0) is 38.2. The van der Waals surface area contributed by atoms with Crippen LogP contribution in [0.15, 0.2) is 81.7 Å². The molecule has 2 saturated heterocycles. The van der Waals surface area contributed by atoms with Gasteiger partial charge in [-0.1, -0.05) is 61.4 Å². The molecule has 2 atom stereocenters. The van der Waals surface area contributed by atoms with Gasteiger partial charge >= 0.3 is 11.9 Å². The molecule has 0 spiro atoms.